The summed E-state index contributed by atoms with van der Waals surface area (Å²) in [5.41, 5.74) is 0.990. The molecule has 0 radical (unpaired) electrons. The number of benzene rings is 3. The highest BCUT2D eigenvalue weighted by Crippen LogP contribution is 2.40. The monoisotopic (exact) mass is 549 g/mol. The molecule has 3 aromatic rings. The van der Waals surface area contributed by atoms with Crippen LogP contribution in [0.25, 0.3) is 10.8 Å². The molecule has 4 rings (SSSR count). The number of hydrogen-bond acceptors (Lipinski definition) is 7. The van der Waals surface area contributed by atoms with Crippen LogP contribution in [0.15, 0.2) is 53.4 Å². The summed E-state index contributed by atoms with van der Waals surface area (Å²) in [6, 6.07) is 12.8. The number of carbonyl (C=O) groups is 1. The molecule has 0 saturated carbocycles. The van der Waals surface area contributed by atoms with Crippen LogP contribution in [0.2, 0.25) is 0 Å². The van der Waals surface area contributed by atoms with Gasteiger partial charge in [-0.2, -0.15) is 12.7 Å². The van der Waals surface area contributed by atoms with Crippen molar-refractivity contribution in [1.29, 1.82) is 0 Å². The van der Waals surface area contributed by atoms with E-state index in [9.17, 15) is 22.7 Å². The third kappa shape index (κ3) is 6.20. The van der Waals surface area contributed by atoms with Gasteiger partial charge in [-0.15, -0.1) is 11.8 Å². The Balaban J connectivity index is 1.52. The van der Waals surface area contributed by atoms with E-state index in [4.69, 9.17) is 9.84 Å². The number of halogens is 1. The van der Waals surface area contributed by atoms with Crippen molar-refractivity contribution < 1.29 is 32.6 Å². The van der Waals surface area contributed by atoms with Gasteiger partial charge in [-0.3, -0.25) is 9.52 Å². The molecule has 1 aliphatic rings. The average Bonchev–Trinajstić information content (AvgIpc) is 2.86. The molecule has 0 aliphatic carbocycles. The molecule has 0 aromatic heterocycles. The minimum Gasteiger partial charge on any atom is -0.506 e. The zero-order valence-electron chi connectivity index (χ0n) is 20.3. The van der Waals surface area contributed by atoms with Gasteiger partial charge in [-0.1, -0.05) is 24.3 Å². The van der Waals surface area contributed by atoms with Gasteiger partial charge in [0.15, 0.2) is 11.6 Å². The van der Waals surface area contributed by atoms with E-state index >= 15 is 0 Å². The molecule has 9 nitrogen and oxygen atoms in total. The maximum Gasteiger partial charge on any atom is 0.313 e. The van der Waals surface area contributed by atoms with Crippen LogP contribution < -0.4 is 14.4 Å². The van der Waals surface area contributed by atoms with Crippen molar-refractivity contribution in [3.8, 4) is 11.5 Å². The van der Waals surface area contributed by atoms with E-state index in [-0.39, 0.29) is 47.0 Å². The van der Waals surface area contributed by atoms with Gasteiger partial charge >= 0.3 is 16.2 Å². The van der Waals surface area contributed by atoms with Crippen molar-refractivity contribution in [2.45, 2.75) is 24.8 Å². The van der Waals surface area contributed by atoms with Crippen molar-refractivity contribution >= 4 is 50.1 Å². The van der Waals surface area contributed by atoms with Gasteiger partial charge in [0.2, 0.25) is 0 Å². The van der Waals surface area contributed by atoms with Gasteiger partial charge in [0.05, 0.1) is 22.4 Å². The van der Waals surface area contributed by atoms with Crippen molar-refractivity contribution in [3.63, 3.8) is 0 Å². The van der Waals surface area contributed by atoms with Crippen molar-refractivity contribution in [2.75, 3.05) is 41.6 Å². The Labute approximate surface area is 219 Å². The lowest BCUT2D eigenvalue weighted by Crippen LogP contribution is -2.50. The van der Waals surface area contributed by atoms with Gasteiger partial charge in [-0.05, 0) is 32.0 Å². The summed E-state index contributed by atoms with van der Waals surface area (Å²) in [5.74, 6) is -1.74. The second-order valence-corrected chi connectivity index (χ2v) is 11.5. The van der Waals surface area contributed by atoms with E-state index in [1.54, 1.807) is 36.4 Å². The number of phenolic OH excluding ortho intramolecular Hbond substituents is 1. The van der Waals surface area contributed by atoms with Crippen LogP contribution in [0.3, 0.4) is 0 Å². The zero-order valence-corrected chi connectivity index (χ0v) is 22.0. The van der Waals surface area contributed by atoms with Gasteiger partial charge in [0.25, 0.3) is 0 Å². The second kappa shape index (κ2) is 11.0. The molecular weight excluding hydrogens is 521 g/mol. The maximum absolute atomic E-state index is 14.1. The molecule has 12 heteroatoms. The summed E-state index contributed by atoms with van der Waals surface area (Å²) in [6.45, 7) is 4.81. The number of rotatable bonds is 9. The number of carboxylic acid groups (broad SMARTS) is 1. The predicted molar refractivity (Wildman–Crippen MR) is 142 cm³/mol. The number of aromatic hydroxyl groups is 1. The molecule has 1 heterocycles. The largest absolute Gasteiger partial charge is 0.506 e. The second-order valence-electron chi connectivity index (χ2n) is 8.77. The van der Waals surface area contributed by atoms with Crippen molar-refractivity contribution in [2.24, 2.45) is 0 Å². The van der Waals surface area contributed by atoms with Crippen molar-refractivity contribution in [1.82, 2.24) is 4.31 Å². The highest BCUT2D eigenvalue weighted by molar-refractivity contribution is 8.00. The van der Waals surface area contributed by atoms with Gasteiger partial charge in [0, 0.05) is 48.7 Å². The molecule has 0 unspecified atom stereocenters. The normalized spacial score (nSPS) is 14.8. The van der Waals surface area contributed by atoms with Crippen LogP contribution in [0.1, 0.15) is 13.8 Å². The molecule has 3 N–H and O–H groups in total. The smallest absolute Gasteiger partial charge is 0.313 e. The number of fused-ring (bicyclic) bond motifs is 1. The van der Waals surface area contributed by atoms with Gasteiger partial charge in [0.1, 0.15) is 5.75 Å². The van der Waals surface area contributed by atoms with Crippen LogP contribution in [0.5, 0.6) is 11.5 Å². The SMILES string of the molecule is CC(C)Oc1cc(N2CCN(S(=O)(=O)Nc3cc(SCC(=O)O)c(O)c4ccccc34)CC2)ccc1F. The van der Waals surface area contributed by atoms with Crippen LogP contribution in [0.4, 0.5) is 15.8 Å². The summed E-state index contributed by atoms with van der Waals surface area (Å²) in [5, 5.41) is 20.5. The Morgan fingerprint density at radius 1 is 1.11 bits per heavy atom. The first-order valence-corrected chi connectivity index (χ1v) is 14.1. The quantitative estimate of drug-likeness (QED) is 0.269. The van der Waals surface area contributed by atoms with E-state index < -0.39 is 22.0 Å². The summed E-state index contributed by atoms with van der Waals surface area (Å²) >= 11 is 0.908. The minimum absolute atomic E-state index is 0.0986. The Hall–Kier alpha value is -3.22. The molecule has 37 heavy (non-hydrogen) atoms. The molecule has 0 spiro atoms. The van der Waals surface area contributed by atoms with Gasteiger partial charge < -0.3 is 19.8 Å². The lowest BCUT2D eigenvalue weighted by atomic mass is 10.1. The lowest BCUT2D eigenvalue weighted by molar-refractivity contribution is -0.133. The Bertz CT molecular complexity index is 1410. The Morgan fingerprint density at radius 2 is 1.78 bits per heavy atom. The minimum atomic E-state index is -3.96. The first-order valence-electron chi connectivity index (χ1n) is 11.6. The van der Waals surface area contributed by atoms with E-state index in [1.165, 1.54) is 16.4 Å². The molecule has 0 amide bonds. The molecule has 1 fully saturated rings. The number of ether oxygens (including phenoxy) is 1. The number of phenols is 1. The number of thioether (sulfide) groups is 1. The molecule has 1 aliphatic heterocycles. The summed E-state index contributed by atoms with van der Waals surface area (Å²) in [6.07, 6.45) is -0.183. The highest BCUT2D eigenvalue weighted by Gasteiger charge is 2.28. The number of anilines is 2. The van der Waals surface area contributed by atoms with Crippen molar-refractivity contribution in [3.05, 3.63) is 54.3 Å². The molecular formula is C25H28FN3O6S2. The fourth-order valence-electron chi connectivity index (χ4n) is 4.09. The van der Waals surface area contributed by atoms with Gasteiger partial charge in [-0.25, -0.2) is 4.39 Å². The number of aliphatic carboxylic acids is 1. The molecule has 0 bridgehead atoms. The van der Waals surface area contributed by atoms with Crippen LogP contribution >= 0.6 is 11.8 Å². The third-order valence-electron chi connectivity index (χ3n) is 5.79. The van der Waals surface area contributed by atoms with Crippen LogP contribution in [0, 0.1) is 5.82 Å². The van der Waals surface area contributed by atoms with E-state index in [0.717, 1.165) is 17.4 Å². The molecule has 198 valence electrons. The topological polar surface area (TPSA) is 119 Å². The first-order chi connectivity index (χ1) is 17.5. The average molecular weight is 550 g/mol. The number of hydrogen-bond donors (Lipinski definition) is 3. The molecule has 3 aromatic carbocycles. The first kappa shape index (κ1) is 26.8. The summed E-state index contributed by atoms with van der Waals surface area (Å²) in [7, 11) is -3.96. The Morgan fingerprint density at radius 3 is 2.43 bits per heavy atom. The van der Waals surface area contributed by atoms with Crippen LogP contribution in [-0.4, -0.2) is 66.9 Å². The lowest BCUT2D eigenvalue weighted by Gasteiger charge is -2.35. The van der Waals surface area contributed by atoms with E-state index in [2.05, 4.69) is 4.72 Å². The fourth-order valence-corrected chi connectivity index (χ4v) is 6.04. The number of carboxylic acids is 1. The fraction of sp³-hybridized carbons (Fsp3) is 0.320. The number of piperazine rings is 1. The Kier molecular flexibility index (Phi) is 8.00. The maximum atomic E-state index is 14.1. The van der Waals surface area contributed by atoms with E-state index in [0.29, 0.717) is 23.9 Å². The third-order valence-corrected chi connectivity index (χ3v) is 8.33. The number of nitrogens with zero attached hydrogens (tertiary/aromatic N) is 2. The van der Waals surface area contributed by atoms with Crippen LogP contribution in [-0.2, 0) is 15.0 Å². The number of nitrogens with one attached hydrogen (secondary N) is 1. The summed E-state index contributed by atoms with van der Waals surface area (Å²) < 4.78 is 50.1. The molecule has 0 atom stereocenters. The summed E-state index contributed by atoms with van der Waals surface area (Å²) in [4.78, 5) is 13.3. The zero-order chi connectivity index (χ0) is 26.7. The van der Waals surface area contributed by atoms with E-state index in [1.807, 2.05) is 18.7 Å². The highest BCUT2D eigenvalue weighted by atomic mass is 32.2. The predicted octanol–water partition coefficient (Wildman–Crippen LogP) is 4.13. The standard InChI is InChI=1S/C25H28FN3O6S2/c1-16(2)35-22-13-17(7-8-20(22)26)28-9-11-29(12-10-28)37(33,34)27-21-14-23(36-15-24(30)31)25(32)19-6-4-3-5-18(19)21/h3-8,13-14,16,27,32H,9-12,15H2,1-2H3,(H,30,31). The molecule has 1 saturated heterocycles.